The van der Waals surface area contributed by atoms with Crippen molar-refractivity contribution in [2.45, 2.75) is 32.2 Å². The van der Waals surface area contributed by atoms with Crippen LogP contribution in [-0.4, -0.2) is 46.8 Å². The first kappa shape index (κ1) is 19.3. The number of hydrogen-bond donors (Lipinski definition) is 0. The van der Waals surface area contributed by atoms with Crippen LogP contribution < -0.4 is 0 Å². The third kappa shape index (κ3) is 4.04. The van der Waals surface area contributed by atoms with Gasteiger partial charge in [0.15, 0.2) is 6.10 Å². The number of alkyl halides is 3. The number of hydrogen-bond acceptors (Lipinski definition) is 5. The predicted molar refractivity (Wildman–Crippen MR) is 103 cm³/mol. The smallest absolute Gasteiger partial charge is 0.366 e. The van der Waals surface area contributed by atoms with Gasteiger partial charge < -0.3 is 4.74 Å². The van der Waals surface area contributed by atoms with Crippen molar-refractivity contribution in [2.75, 3.05) is 19.7 Å². The summed E-state index contributed by atoms with van der Waals surface area (Å²) in [6.45, 7) is 2.95. The molecular weight excluding hydrogens is 387 g/mol. The summed E-state index contributed by atoms with van der Waals surface area (Å²) in [4.78, 5) is 11.8. The first-order chi connectivity index (χ1) is 13.4. The lowest BCUT2D eigenvalue weighted by atomic mass is 10.1. The molecule has 28 heavy (non-hydrogen) atoms. The summed E-state index contributed by atoms with van der Waals surface area (Å²) in [7, 11) is 0. The van der Waals surface area contributed by atoms with Gasteiger partial charge in [0, 0.05) is 43.0 Å². The van der Waals surface area contributed by atoms with E-state index >= 15 is 0 Å². The van der Waals surface area contributed by atoms with Crippen molar-refractivity contribution in [3.63, 3.8) is 0 Å². The zero-order valence-corrected chi connectivity index (χ0v) is 16.2. The molecule has 8 heteroatoms. The number of rotatable bonds is 4. The van der Waals surface area contributed by atoms with E-state index in [-0.39, 0.29) is 13.2 Å². The maximum absolute atomic E-state index is 12.9. The second kappa shape index (κ2) is 7.77. The van der Waals surface area contributed by atoms with Gasteiger partial charge in [-0.15, -0.1) is 11.3 Å². The Morgan fingerprint density at radius 1 is 1.25 bits per heavy atom. The molecule has 148 valence electrons. The fourth-order valence-corrected chi connectivity index (χ4v) is 4.30. The van der Waals surface area contributed by atoms with E-state index in [0.717, 1.165) is 38.3 Å². The average Bonchev–Trinajstić information content (AvgIpc) is 3.16. The molecule has 1 aliphatic rings. The monoisotopic (exact) mass is 407 g/mol. The van der Waals surface area contributed by atoms with Crippen molar-refractivity contribution in [1.82, 2.24) is 14.9 Å². The van der Waals surface area contributed by atoms with Crippen molar-refractivity contribution in [1.29, 1.82) is 0 Å². The van der Waals surface area contributed by atoms with E-state index in [1.807, 2.05) is 30.5 Å². The van der Waals surface area contributed by atoms with Gasteiger partial charge in [0.1, 0.15) is 0 Å². The molecule has 2 aromatic heterocycles. The van der Waals surface area contributed by atoms with Crippen LogP contribution in [0.2, 0.25) is 0 Å². The summed E-state index contributed by atoms with van der Waals surface area (Å²) in [6, 6.07) is 7.90. The zero-order valence-electron chi connectivity index (χ0n) is 15.4. The Hall–Kier alpha value is -2.03. The minimum atomic E-state index is -4.33. The molecule has 0 aliphatic carbocycles. The summed E-state index contributed by atoms with van der Waals surface area (Å²) < 4.78 is 43.7. The van der Waals surface area contributed by atoms with Crippen molar-refractivity contribution in [2.24, 2.45) is 0 Å². The topological polar surface area (TPSA) is 38.2 Å². The summed E-state index contributed by atoms with van der Waals surface area (Å²) in [5.74, 6) is 0. The van der Waals surface area contributed by atoms with Gasteiger partial charge in [-0.25, -0.2) is 4.98 Å². The summed E-state index contributed by atoms with van der Waals surface area (Å²) in [5, 5.41) is 2.11. The van der Waals surface area contributed by atoms with Crippen molar-refractivity contribution in [3.8, 4) is 10.4 Å². The fraction of sp³-hybridized carbons (Fsp3) is 0.400. The lowest BCUT2D eigenvalue weighted by Gasteiger charge is -2.33. The highest BCUT2D eigenvalue weighted by molar-refractivity contribution is 7.15. The summed E-state index contributed by atoms with van der Waals surface area (Å²) in [6.07, 6.45) is -1.50. The maximum atomic E-state index is 12.9. The van der Waals surface area contributed by atoms with Gasteiger partial charge in [-0.1, -0.05) is 19.1 Å². The lowest BCUT2D eigenvalue weighted by molar-refractivity contribution is -0.237. The summed E-state index contributed by atoms with van der Waals surface area (Å²) >= 11 is 1.67. The van der Waals surface area contributed by atoms with Gasteiger partial charge in [0.2, 0.25) is 0 Å². The number of halogens is 3. The average molecular weight is 407 g/mol. The number of thiazole rings is 1. The Kier molecular flexibility index (Phi) is 5.35. The Balaban J connectivity index is 1.57. The Morgan fingerprint density at radius 2 is 2.11 bits per heavy atom. The number of benzene rings is 1. The van der Waals surface area contributed by atoms with Crippen LogP contribution in [-0.2, 0) is 17.7 Å². The highest BCUT2D eigenvalue weighted by Crippen LogP contribution is 2.32. The zero-order chi connectivity index (χ0) is 19.7. The van der Waals surface area contributed by atoms with Crippen LogP contribution in [0.15, 0.2) is 36.7 Å². The molecule has 0 bridgehead atoms. The molecule has 3 aromatic rings. The highest BCUT2D eigenvalue weighted by Gasteiger charge is 2.43. The molecule has 4 rings (SSSR count). The van der Waals surface area contributed by atoms with E-state index in [1.54, 1.807) is 22.4 Å². The maximum Gasteiger partial charge on any atom is 0.415 e. The third-order valence-electron chi connectivity index (χ3n) is 4.85. The molecule has 0 N–H and O–H groups in total. The molecule has 3 heterocycles. The quantitative estimate of drug-likeness (QED) is 0.629. The highest BCUT2D eigenvalue weighted by atomic mass is 32.1. The molecule has 4 nitrogen and oxygen atoms in total. The van der Waals surface area contributed by atoms with Crippen LogP contribution in [0.4, 0.5) is 13.2 Å². The lowest BCUT2D eigenvalue weighted by Crippen LogP contribution is -2.48. The van der Waals surface area contributed by atoms with Crippen LogP contribution in [0.5, 0.6) is 0 Å². The number of aryl methyl sites for hydroxylation is 1. The predicted octanol–water partition coefficient (Wildman–Crippen LogP) is 4.68. The van der Waals surface area contributed by atoms with Gasteiger partial charge in [-0.3, -0.25) is 9.88 Å². The first-order valence-electron chi connectivity index (χ1n) is 9.17. The third-order valence-corrected chi connectivity index (χ3v) is 6.03. The van der Waals surface area contributed by atoms with Gasteiger partial charge in [-0.05, 0) is 24.1 Å². The standard InChI is InChI=1S/C20H20F3N3OS/c1-2-19-25-10-17(28-19)15-5-6-24-16-9-13(3-4-14(15)16)11-26-7-8-27-18(12-26)20(21,22)23/h3-6,9-10,18H,2,7-8,11-12H2,1H3. The molecule has 1 aromatic carbocycles. The van der Waals surface area contributed by atoms with E-state index in [4.69, 9.17) is 4.74 Å². The van der Waals surface area contributed by atoms with Crippen molar-refractivity contribution in [3.05, 3.63) is 47.2 Å². The SMILES string of the molecule is CCc1ncc(-c2ccnc3cc(CN4CCOC(C(F)(F)F)C4)ccc23)s1. The molecule has 0 amide bonds. The molecule has 1 unspecified atom stereocenters. The minimum Gasteiger partial charge on any atom is -0.366 e. The molecular formula is C20H20F3N3OS. The number of morpholine rings is 1. The second-order valence-electron chi connectivity index (χ2n) is 6.82. The van der Waals surface area contributed by atoms with Crippen LogP contribution >= 0.6 is 11.3 Å². The Morgan fingerprint density at radius 3 is 2.86 bits per heavy atom. The molecule has 0 spiro atoms. The van der Waals surface area contributed by atoms with Gasteiger partial charge in [-0.2, -0.15) is 13.2 Å². The van der Waals surface area contributed by atoms with E-state index in [0.29, 0.717) is 13.1 Å². The molecule has 1 fully saturated rings. The van der Waals surface area contributed by atoms with Crippen LogP contribution in [0.25, 0.3) is 21.3 Å². The largest absolute Gasteiger partial charge is 0.415 e. The van der Waals surface area contributed by atoms with Crippen LogP contribution in [0.3, 0.4) is 0 Å². The van der Waals surface area contributed by atoms with Crippen LogP contribution in [0.1, 0.15) is 17.5 Å². The van der Waals surface area contributed by atoms with Gasteiger partial charge in [0.25, 0.3) is 0 Å². The van der Waals surface area contributed by atoms with Crippen molar-refractivity contribution < 1.29 is 17.9 Å². The summed E-state index contributed by atoms with van der Waals surface area (Å²) in [5.41, 5.74) is 2.86. The normalized spacial score (nSPS) is 18.6. The Bertz CT molecular complexity index is 973. The molecule has 0 radical (unpaired) electrons. The number of ether oxygens (including phenoxy) is 1. The van der Waals surface area contributed by atoms with E-state index in [2.05, 4.69) is 16.9 Å². The number of fused-ring (bicyclic) bond motifs is 1. The molecule has 1 saturated heterocycles. The molecule has 1 atom stereocenters. The first-order valence-corrected chi connectivity index (χ1v) is 9.99. The van der Waals surface area contributed by atoms with E-state index in [9.17, 15) is 13.2 Å². The number of pyridine rings is 1. The van der Waals surface area contributed by atoms with Crippen molar-refractivity contribution >= 4 is 22.2 Å². The number of aromatic nitrogens is 2. The fourth-order valence-electron chi connectivity index (χ4n) is 3.41. The van der Waals surface area contributed by atoms with Crippen LogP contribution in [0, 0.1) is 0 Å². The molecule has 0 saturated carbocycles. The van der Waals surface area contributed by atoms with E-state index < -0.39 is 12.3 Å². The molecule has 1 aliphatic heterocycles. The minimum absolute atomic E-state index is 0.0886. The Labute approximate surface area is 165 Å². The van der Waals surface area contributed by atoms with E-state index in [1.165, 1.54) is 0 Å². The van der Waals surface area contributed by atoms with Gasteiger partial charge in [0.05, 0.1) is 22.0 Å². The number of nitrogens with zero attached hydrogens (tertiary/aromatic N) is 3. The van der Waals surface area contributed by atoms with Gasteiger partial charge >= 0.3 is 6.18 Å². The second-order valence-corrected chi connectivity index (χ2v) is 7.93.